The average molecular weight is 739 g/mol. The summed E-state index contributed by atoms with van der Waals surface area (Å²) in [6.45, 7) is 7.68. The molecule has 1 unspecified atom stereocenters. The third-order valence-electron chi connectivity index (χ3n) is 8.46. The van der Waals surface area contributed by atoms with Crippen LogP contribution in [0.3, 0.4) is 0 Å². The third kappa shape index (κ3) is 13.2. The third-order valence-corrected chi connectivity index (χ3v) is 8.46. The van der Waals surface area contributed by atoms with Gasteiger partial charge < -0.3 is 54.2 Å². The summed E-state index contributed by atoms with van der Waals surface area (Å²) in [4.78, 5) is 59.9. The number of carbonyl (C=O) groups is 5. The summed E-state index contributed by atoms with van der Waals surface area (Å²) in [5, 5.41) is 42.8. The number of aliphatic hydroxyl groups excluding tert-OH is 3. The Bertz CT molecular complexity index is 1370. The summed E-state index contributed by atoms with van der Waals surface area (Å²) in [5.74, 6) is -3.27. The molecule has 2 aliphatic heterocycles. The summed E-state index contributed by atoms with van der Waals surface area (Å²) >= 11 is 0. The topological polar surface area (TPSA) is 237 Å². The summed E-state index contributed by atoms with van der Waals surface area (Å²) in [5.41, 5.74) is 1.21. The maximum Gasteiger partial charge on any atom is 0.335 e. The number of nitrogens with one attached hydrogen (secondary N) is 1. The van der Waals surface area contributed by atoms with E-state index in [0.29, 0.717) is 51.4 Å². The van der Waals surface area contributed by atoms with Crippen molar-refractivity contribution in [2.45, 2.75) is 77.3 Å². The molecular weight excluding hydrogens is 688 g/mol. The highest BCUT2D eigenvalue weighted by Crippen LogP contribution is 2.29. The number of benzene rings is 1. The number of carboxylic acids is 1. The Morgan fingerprint density at radius 2 is 1.52 bits per heavy atom. The van der Waals surface area contributed by atoms with Gasteiger partial charge in [-0.1, -0.05) is 32.9 Å². The zero-order chi connectivity index (χ0) is 38.2. The average Bonchev–Trinajstić information content (AvgIpc) is 3.44. The molecule has 0 bridgehead atoms. The van der Waals surface area contributed by atoms with Crippen LogP contribution >= 0.6 is 0 Å². The molecule has 17 nitrogen and oxygen atoms in total. The molecule has 6 atom stereocenters. The predicted molar refractivity (Wildman–Crippen MR) is 179 cm³/mol. The number of hydrogen-bond donors (Lipinski definition) is 5. The van der Waals surface area contributed by atoms with Gasteiger partial charge in [0.2, 0.25) is 12.2 Å². The Labute approximate surface area is 301 Å². The Morgan fingerprint density at radius 3 is 2.15 bits per heavy atom. The number of aliphatic carboxylic acids is 1. The van der Waals surface area contributed by atoms with Crippen LogP contribution in [-0.2, 0) is 60.7 Å². The molecule has 290 valence electrons. The summed E-state index contributed by atoms with van der Waals surface area (Å²) in [6, 6.07) is 5.13. The predicted octanol–water partition coefficient (Wildman–Crippen LogP) is -0.293. The smallest absolute Gasteiger partial charge is 0.335 e. The number of carboxylic acid groups (broad SMARTS) is 1. The van der Waals surface area contributed by atoms with E-state index >= 15 is 0 Å². The number of ether oxygens (including phenoxy) is 6. The molecule has 0 aromatic heterocycles. The van der Waals surface area contributed by atoms with E-state index in [-0.39, 0.29) is 56.2 Å². The first-order chi connectivity index (χ1) is 24.8. The zero-order valence-electron chi connectivity index (χ0n) is 29.6. The minimum atomic E-state index is -1.87. The molecule has 1 aromatic rings. The quantitative estimate of drug-likeness (QED) is 0.0551. The van der Waals surface area contributed by atoms with Crippen LogP contribution in [0.4, 0.5) is 0 Å². The lowest BCUT2D eigenvalue weighted by Gasteiger charge is -2.38. The molecule has 0 radical (unpaired) electrons. The molecule has 2 heterocycles. The first-order valence-corrected chi connectivity index (χ1v) is 17.2. The summed E-state index contributed by atoms with van der Waals surface area (Å²) in [6.07, 6.45) is -5.45. The van der Waals surface area contributed by atoms with Crippen LogP contribution in [0.1, 0.15) is 44.7 Å². The molecule has 1 saturated heterocycles. The lowest BCUT2D eigenvalue weighted by atomic mass is 9.98. The van der Waals surface area contributed by atoms with Crippen molar-refractivity contribution in [3.63, 3.8) is 0 Å². The number of nitrogens with zero attached hydrogens (tertiary/aromatic N) is 1. The number of rotatable bonds is 23. The van der Waals surface area contributed by atoms with Crippen molar-refractivity contribution in [3.8, 4) is 5.75 Å². The van der Waals surface area contributed by atoms with Gasteiger partial charge in [-0.25, -0.2) is 4.79 Å². The Hall–Kier alpha value is -3.97. The van der Waals surface area contributed by atoms with Crippen molar-refractivity contribution in [3.05, 3.63) is 41.5 Å². The van der Waals surface area contributed by atoms with Gasteiger partial charge in [-0.2, -0.15) is 0 Å². The highest BCUT2D eigenvalue weighted by Gasteiger charge is 2.48. The van der Waals surface area contributed by atoms with E-state index in [4.69, 9.17) is 28.4 Å². The SMILES string of the molecule is CC(C)C(C)C(=O)OCc1ccc(CCCOCCOCCOCCNC(=O)CCN2C(=O)C=CC2=O)cc1O[C@@H]1O[C@H](C(=O)O)[C@@H](O)[C@H](O)[C@H]1O. The molecule has 0 spiro atoms. The molecule has 1 fully saturated rings. The van der Waals surface area contributed by atoms with Crippen LogP contribution in [0, 0.1) is 11.8 Å². The molecule has 0 saturated carbocycles. The number of aliphatic hydroxyl groups is 3. The van der Waals surface area contributed by atoms with Crippen molar-refractivity contribution < 1.29 is 72.8 Å². The zero-order valence-corrected chi connectivity index (χ0v) is 29.6. The number of hydrogen-bond acceptors (Lipinski definition) is 14. The Balaban J connectivity index is 1.35. The van der Waals surface area contributed by atoms with Crippen LogP contribution in [0.25, 0.3) is 0 Å². The van der Waals surface area contributed by atoms with Gasteiger partial charge in [-0.3, -0.25) is 24.1 Å². The molecule has 3 rings (SSSR count). The highest BCUT2D eigenvalue weighted by molar-refractivity contribution is 6.13. The number of amides is 3. The fourth-order valence-corrected chi connectivity index (χ4v) is 4.95. The van der Waals surface area contributed by atoms with E-state index < -0.39 is 54.5 Å². The standard InChI is InChI=1S/C35H50N2O15/c1-21(2)22(3)34(46)50-20-24-7-6-23(19-25(24)51-35-31(43)29(41)30(42)32(52-35)33(44)45)5-4-13-47-15-17-49-18-16-48-14-11-36-26(38)10-12-37-27(39)8-9-28(37)40/h6-9,19,21-22,29-32,35,41-43H,4-5,10-18,20H2,1-3H3,(H,36,38)(H,44,45)/t22?,29-,30-,31+,32-,35+/m0/s1. The largest absolute Gasteiger partial charge is 0.479 e. The van der Waals surface area contributed by atoms with Crippen LogP contribution in [0.15, 0.2) is 30.4 Å². The number of carbonyl (C=O) groups excluding carboxylic acids is 4. The fraction of sp³-hybridized carbons (Fsp3) is 0.629. The first-order valence-electron chi connectivity index (χ1n) is 17.2. The lowest BCUT2D eigenvalue weighted by Crippen LogP contribution is -2.61. The fourth-order valence-electron chi connectivity index (χ4n) is 4.95. The first kappa shape index (κ1) is 42.4. The van der Waals surface area contributed by atoms with E-state index in [9.17, 15) is 44.4 Å². The highest BCUT2D eigenvalue weighted by atomic mass is 16.7. The number of esters is 1. The molecule has 2 aliphatic rings. The Morgan fingerprint density at radius 1 is 0.885 bits per heavy atom. The molecule has 17 heteroatoms. The van der Waals surface area contributed by atoms with Gasteiger partial charge in [0.25, 0.3) is 11.8 Å². The maximum absolute atomic E-state index is 12.5. The van der Waals surface area contributed by atoms with Gasteiger partial charge in [-0.15, -0.1) is 0 Å². The Kier molecular flexibility index (Phi) is 17.6. The van der Waals surface area contributed by atoms with Gasteiger partial charge >= 0.3 is 11.9 Å². The van der Waals surface area contributed by atoms with Crippen molar-refractivity contribution in [1.82, 2.24) is 10.2 Å². The van der Waals surface area contributed by atoms with Gasteiger partial charge in [0.15, 0.2) is 6.10 Å². The van der Waals surface area contributed by atoms with Crippen molar-refractivity contribution >= 4 is 29.7 Å². The molecule has 5 N–H and O–H groups in total. The van der Waals surface area contributed by atoms with Crippen molar-refractivity contribution in [2.75, 3.05) is 52.7 Å². The molecule has 52 heavy (non-hydrogen) atoms. The van der Waals surface area contributed by atoms with Crippen LogP contribution < -0.4 is 10.1 Å². The van der Waals surface area contributed by atoms with Crippen molar-refractivity contribution in [2.24, 2.45) is 11.8 Å². The van der Waals surface area contributed by atoms with E-state index in [0.717, 1.165) is 10.5 Å². The van der Waals surface area contributed by atoms with E-state index in [1.807, 2.05) is 19.9 Å². The molecule has 1 aromatic carbocycles. The van der Waals surface area contributed by atoms with E-state index in [1.54, 1.807) is 19.1 Å². The van der Waals surface area contributed by atoms with E-state index in [2.05, 4.69) is 5.32 Å². The minimum Gasteiger partial charge on any atom is -0.479 e. The monoisotopic (exact) mass is 738 g/mol. The number of imide groups is 1. The molecule has 3 amide bonds. The minimum absolute atomic E-state index is 0.0102. The van der Waals surface area contributed by atoms with Crippen LogP contribution in [-0.4, -0.2) is 138 Å². The normalized spacial score (nSPS) is 22.1. The number of aryl methyl sites for hydroxylation is 1. The lowest BCUT2D eigenvalue weighted by molar-refractivity contribution is -0.271. The van der Waals surface area contributed by atoms with Gasteiger partial charge in [0.1, 0.15) is 30.7 Å². The second-order valence-corrected chi connectivity index (χ2v) is 12.6. The van der Waals surface area contributed by atoms with Gasteiger partial charge in [0, 0.05) is 43.8 Å². The maximum atomic E-state index is 12.5. The summed E-state index contributed by atoms with van der Waals surface area (Å²) in [7, 11) is 0. The van der Waals surface area contributed by atoms with E-state index in [1.165, 1.54) is 12.2 Å². The van der Waals surface area contributed by atoms with Crippen LogP contribution in [0.2, 0.25) is 0 Å². The van der Waals surface area contributed by atoms with Gasteiger partial charge in [-0.05, 0) is 30.4 Å². The van der Waals surface area contributed by atoms with Crippen molar-refractivity contribution in [1.29, 1.82) is 0 Å². The molecular formula is C35H50N2O15. The van der Waals surface area contributed by atoms with Gasteiger partial charge in [0.05, 0.1) is 39.0 Å². The second kappa shape index (κ2) is 21.5. The van der Waals surface area contributed by atoms with Crippen LogP contribution in [0.5, 0.6) is 5.75 Å². The second-order valence-electron chi connectivity index (χ2n) is 12.6. The summed E-state index contributed by atoms with van der Waals surface area (Å²) < 4.78 is 33.2. The molecule has 0 aliphatic carbocycles.